The summed E-state index contributed by atoms with van der Waals surface area (Å²) in [5.41, 5.74) is 0. The second-order valence-corrected chi connectivity index (χ2v) is 11.2. The number of quaternary nitrogens is 2. The molecule has 0 radical (unpaired) electrons. The Morgan fingerprint density at radius 2 is 0.889 bits per heavy atom. The van der Waals surface area contributed by atoms with Crippen molar-refractivity contribution in [3.8, 4) is 0 Å². The van der Waals surface area contributed by atoms with Crippen molar-refractivity contribution < 1.29 is 29.3 Å². The van der Waals surface area contributed by atoms with Crippen LogP contribution in [0, 0.1) is 0 Å². The average molecular weight is 515 g/mol. The molecule has 8 heteroatoms. The largest absolute Gasteiger partial charge is 0.356 e. The second-order valence-electron chi connectivity index (χ2n) is 11.2. The van der Waals surface area contributed by atoms with Crippen LogP contribution >= 0.6 is 0 Å². The van der Waals surface area contributed by atoms with Crippen LogP contribution in [0.5, 0.6) is 0 Å². The van der Waals surface area contributed by atoms with Crippen molar-refractivity contribution >= 4 is 11.8 Å². The lowest BCUT2D eigenvalue weighted by atomic mass is 10.1. The minimum absolute atomic E-state index is 0.0548. The van der Waals surface area contributed by atoms with Crippen LogP contribution in [0.25, 0.3) is 0 Å². The third-order valence-corrected chi connectivity index (χ3v) is 6.12. The van der Waals surface area contributed by atoms with Gasteiger partial charge < -0.3 is 10.6 Å². The van der Waals surface area contributed by atoms with Gasteiger partial charge in [0.25, 0.3) is 0 Å². The Bertz CT molecular complexity index is 533. The summed E-state index contributed by atoms with van der Waals surface area (Å²) in [5, 5.41) is 25.0. The predicted octanol–water partition coefficient (Wildman–Crippen LogP) is 4.95. The van der Waals surface area contributed by atoms with Crippen molar-refractivity contribution in [2.24, 2.45) is 0 Å². The van der Waals surface area contributed by atoms with Crippen LogP contribution < -0.4 is 10.6 Å². The molecule has 0 atom stereocenters. The van der Waals surface area contributed by atoms with E-state index in [1.807, 2.05) is 0 Å². The van der Waals surface area contributed by atoms with Crippen molar-refractivity contribution in [3.63, 3.8) is 0 Å². The Kier molecular flexibility index (Phi) is 20.7. The molecule has 4 N–H and O–H groups in total. The summed E-state index contributed by atoms with van der Waals surface area (Å²) in [6.07, 6.45) is 21.1. The molecule has 0 aliphatic rings. The average Bonchev–Trinajstić information content (AvgIpc) is 2.78. The number of hydrogen-bond donors (Lipinski definition) is 4. The van der Waals surface area contributed by atoms with Gasteiger partial charge in [-0.1, -0.05) is 50.7 Å². The molecule has 8 nitrogen and oxygen atoms in total. The SMILES string of the molecule is C[N+](C)(O)CCCNC(=O)CCCCCCC/C=C/CCCCCCCC(=O)NCCC[N+](C)(C)O. The highest BCUT2D eigenvalue weighted by atomic mass is 16.5. The summed E-state index contributed by atoms with van der Waals surface area (Å²) in [5.74, 6) is 0.251. The van der Waals surface area contributed by atoms with Crippen molar-refractivity contribution in [2.45, 2.75) is 103 Å². The summed E-state index contributed by atoms with van der Waals surface area (Å²) < 4.78 is -0.110. The minimum atomic E-state index is -0.0548. The van der Waals surface area contributed by atoms with Crippen LogP contribution in [-0.4, -0.2) is 85.9 Å². The number of nitrogens with one attached hydrogen (secondary N) is 2. The first-order chi connectivity index (χ1) is 17.0. The van der Waals surface area contributed by atoms with Gasteiger partial charge in [-0.15, -0.1) is 0 Å². The molecule has 36 heavy (non-hydrogen) atoms. The maximum atomic E-state index is 11.8. The van der Waals surface area contributed by atoms with Gasteiger partial charge in [0, 0.05) is 38.8 Å². The molecule has 0 aromatic heterocycles. The number of hydrogen-bond acceptors (Lipinski definition) is 4. The van der Waals surface area contributed by atoms with E-state index >= 15 is 0 Å². The van der Waals surface area contributed by atoms with Gasteiger partial charge in [-0.2, -0.15) is 9.29 Å². The van der Waals surface area contributed by atoms with Crippen LogP contribution in [0.1, 0.15) is 103 Å². The fourth-order valence-electron chi connectivity index (χ4n) is 3.96. The van der Waals surface area contributed by atoms with E-state index in [-0.39, 0.29) is 21.1 Å². The zero-order valence-electron chi connectivity index (χ0n) is 23.9. The molecule has 0 spiro atoms. The van der Waals surface area contributed by atoms with Crippen molar-refractivity contribution in [1.29, 1.82) is 0 Å². The van der Waals surface area contributed by atoms with Gasteiger partial charge in [-0.3, -0.25) is 9.59 Å². The standard InChI is InChI=1S/C28H56N4O4/c1-31(2,35)25-19-23-29-27(33)21-17-15-13-11-9-7-5-6-8-10-12-14-16-18-22-28(34)30-24-20-26-32(3,4)36/h5-6,35-36H,7-26H2,1-4H3/p+2/b6-5+. The lowest BCUT2D eigenvalue weighted by molar-refractivity contribution is -1.07. The van der Waals surface area contributed by atoms with E-state index in [0.717, 1.165) is 51.4 Å². The molecule has 0 saturated carbocycles. The molecule has 212 valence electrons. The molecule has 0 aliphatic heterocycles. The fraction of sp³-hybridized carbons (Fsp3) is 0.857. The molecular formula is C28H58N4O4+2. The Labute approximate surface area is 221 Å². The lowest BCUT2D eigenvalue weighted by Crippen LogP contribution is -2.38. The minimum Gasteiger partial charge on any atom is -0.356 e. The first-order valence-corrected chi connectivity index (χ1v) is 14.3. The van der Waals surface area contributed by atoms with Gasteiger partial charge in [-0.05, 0) is 38.5 Å². The molecule has 0 unspecified atom stereocenters. The fourth-order valence-corrected chi connectivity index (χ4v) is 3.96. The van der Waals surface area contributed by atoms with Gasteiger partial charge in [0.2, 0.25) is 11.8 Å². The van der Waals surface area contributed by atoms with E-state index in [1.54, 1.807) is 28.2 Å². The third kappa shape index (κ3) is 28.8. The molecule has 0 heterocycles. The van der Waals surface area contributed by atoms with E-state index in [2.05, 4.69) is 22.8 Å². The van der Waals surface area contributed by atoms with Crippen molar-refractivity contribution in [3.05, 3.63) is 12.2 Å². The zero-order valence-corrected chi connectivity index (χ0v) is 23.9. The Hall–Kier alpha value is -1.48. The quantitative estimate of drug-likeness (QED) is 0.0634. The zero-order chi connectivity index (χ0) is 27.1. The lowest BCUT2D eigenvalue weighted by Gasteiger charge is -2.19. The Morgan fingerprint density at radius 1 is 0.556 bits per heavy atom. The molecule has 0 aromatic rings. The maximum absolute atomic E-state index is 11.8. The predicted molar refractivity (Wildman–Crippen MR) is 147 cm³/mol. The molecule has 2 amide bonds. The van der Waals surface area contributed by atoms with Crippen molar-refractivity contribution in [2.75, 3.05) is 54.4 Å². The van der Waals surface area contributed by atoms with Gasteiger partial charge in [0.1, 0.15) is 13.1 Å². The summed E-state index contributed by atoms with van der Waals surface area (Å²) in [6, 6.07) is 0. The van der Waals surface area contributed by atoms with E-state index < -0.39 is 0 Å². The highest BCUT2D eigenvalue weighted by Crippen LogP contribution is 2.10. The Balaban J connectivity index is 3.34. The number of carbonyl (C=O) groups excluding carboxylic acids is 2. The third-order valence-electron chi connectivity index (χ3n) is 6.12. The number of carbonyl (C=O) groups is 2. The Morgan fingerprint density at radius 3 is 1.25 bits per heavy atom. The van der Waals surface area contributed by atoms with E-state index in [0.29, 0.717) is 39.0 Å². The van der Waals surface area contributed by atoms with Gasteiger partial charge in [0.05, 0.1) is 28.2 Å². The van der Waals surface area contributed by atoms with Crippen LogP contribution in [0.4, 0.5) is 0 Å². The maximum Gasteiger partial charge on any atom is 0.219 e. The summed E-state index contributed by atoms with van der Waals surface area (Å²) in [4.78, 5) is 23.6. The van der Waals surface area contributed by atoms with Crippen LogP contribution in [-0.2, 0) is 9.59 Å². The van der Waals surface area contributed by atoms with E-state index in [1.165, 1.54) is 38.5 Å². The first-order valence-electron chi connectivity index (χ1n) is 14.3. The highest BCUT2D eigenvalue weighted by Gasteiger charge is 2.10. The van der Waals surface area contributed by atoms with E-state index in [4.69, 9.17) is 0 Å². The second kappa shape index (κ2) is 21.6. The number of nitrogens with zero attached hydrogens (tertiary/aromatic N) is 2. The number of allylic oxidation sites excluding steroid dienone is 2. The first kappa shape index (κ1) is 34.5. The number of unbranched alkanes of at least 4 members (excludes halogenated alkanes) is 10. The topological polar surface area (TPSA) is 98.7 Å². The summed E-state index contributed by atoms with van der Waals surface area (Å²) >= 11 is 0. The molecular weight excluding hydrogens is 456 g/mol. The molecule has 0 aliphatic carbocycles. The highest BCUT2D eigenvalue weighted by molar-refractivity contribution is 5.76. The molecule has 0 aromatic carbocycles. The molecule has 0 rings (SSSR count). The number of rotatable bonds is 24. The normalized spacial score (nSPS) is 12.3. The van der Waals surface area contributed by atoms with Crippen molar-refractivity contribution in [1.82, 2.24) is 10.6 Å². The summed E-state index contributed by atoms with van der Waals surface area (Å²) in [7, 11) is 6.93. The number of hydroxylamine groups is 6. The smallest absolute Gasteiger partial charge is 0.219 e. The van der Waals surface area contributed by atoms with Gasteiger partial charge in [-0.25, -0.2) is 10.4 Å². The molecule has 0 saturated heterocycles. The van der Waals surface area contributed by atoms with Gasteiger partial charge >= 0.3 is 0 Å². The van der Waals surface area contributed by atoms with Gasteiger partial charge in [0.15, 0.2) is 0 Å². The van der Waals surface area contributed by atoms with E-state index in [9.17, 15) is 20.0 Å². The molecule has 0 fully saturated rings. The summed E-state index contributed by atoms with van der Waals surface area (Å²) in [6.45, 7) is 2.56. The van der Waals surface area contributed by atoms with Crippen LogP contribution in [0.3, 0.4) is 0 Å². The molecule has 0 bridgehead atoms. The monoisotopic (exact) mass is 514 g/mol. The number of amides is 2. The van der Waals surface area contributed by atoms with Crippen LogP contribution in [0.2, 0.25) is 0 Å². The van der Waals surface area contributed by atoms with Crippen LogP contribution in [0.15, 0.2) is 12.2 Å².